The van der Waals surface area contributed by atoms with Crippen molar-refractivity contribution >= 4 is 17.3 Å². The smallest absolute Gasteiger partial charge is 0.421 e. The number of hydrogen-bond donors (Lipinski definition) is 1. The molecular formula is C25H20F4N4O2. The number of halogens is 4. The van der Waals surface area contributed by atoms with Crippen LogP contribution in [0.2, 0.25) is 0 Å². The number of pyridine rings is 2. The number of hydrogen-bond acceptors (Lipinski definition) is 5. The highest BCUT2D eigenvalue weighted by atomic mass is 19.4. The molecule has 10 heteroatoms. The number of carbonyl (C=O) groups is 1. The van der Waals surface area contributed by atoms with Crippen LogP contribution in [0.25, 0.3) is 11.1 Å². The van der Waals surface area contributed by atoms with Crippen LogP contribution < -0.4 is 10.1 Å². The molecule has 6 nitrogen and oxygen atoms in total. The number of methoxy groups -OCH3 is 1. The summed E-state index contributed by atoms with van der Waals surface area (Å²) < 4.78 is 59.0. The number of carbonyl (C=O) groups excluding carboxylic acids is 1. The van der Waals surface area contributed by atoms with Gasteiger partial charge in [-0.1, -0.05) is 12.1 Å². The molecule has 180 valence electrons. The van der Waals surface area contributed by atoms with E-state index in [0.717, 1.165) is 54.7 Å². The van der Waals surface area contributed by atoms with Crippen LogP contribution in [0, 0.1) is 11.7 Å². The van der Waals surface area contributed by atoms with Crippen molar-refractivity contribution in [3.8, 4) is 17.0 Å². The Bertz CT molecular complexity index is 1350. The van der Waals surface area contributed by atoms with E-state index >= 15 is 0 Å². The normalized spacial score (nSPS) is 14.9. The second-order valence-electron chi connectivity index (χ2n) is 8.50. The van der Waals surface area contributed by atoms with E-state index in [4.69, 9.17) is 0 Å². The predicted molar refractivity (Wildman–Crippen MR) is 121 cm³/mol. The average molecular weight is 484 g/mol. The summed E-state index contributed by atoms with van der Waals surface area (Å²) in [7, 11) is 1.07. The van der Waals surface area contributed by atoms with Crippen molar-refractivity contribution in [2.75, 3.05) is 12.4 Å². The highest BCUT2D eigenvalue weighted by molar-refractivity contribution is 6.06. The minimum absolute atomic E-state index is 0.109. The van der Waals surface area contributed by atoms with Crippen LogP contribution in [0.15, 0.2) is 47.7 Å². The third-order valence-corrected chi connectivity index (χ3v) is 5.98. The van der Waals surface area contributed by atoms with Gasteiger partial charge < -0.3 is 10.1 Å². The van der Waals surface area contributed by atoms with E-state index in [1.807, 2.05) is 6.07 Å². The number of amides is 1. The van der Waals surface area contributed by atoms with Gasteiger partial charge in [-0.2, -0.15) is 13.2 Å². The molecule has 35 heavy (non-hydrogen) atoms. The van der Waals surface area contributed by atoms with E-state index < -0.39 is 29.3 Å². The van der Waals surface area contributed by atoms with Gasteiger partial charge in [0, 0.05) is 29.0 Å². The maximum Gasteiger partial charge on any atom is 0.421 e. The molecule has 1 saturated carbocycles. The van der Waals surface area contributed by atoms with Crippen LogP contribution in [0.5, 0.6) is 5.88 Å². The monoisotopic (exact) mass is 484 g/mol. The van der Waals surface area contributed by atoms with Gasteiger partial charge in [-0.3, -0.25) is 14.8 Å². The molecule has 3 heterocycles. The average Bonchev–Trinajstić information content (AvgIpc) is 3.58. The largest absolute Gasteiger partial charge is 0.481 e. The number of aromatic nitrogens is 2. The Balaban J connectivity index is 1.31. The Morgan fingerprint density at radius 1 is 1.11 bits per heavy atom. The van der Waals surface area contributed by atoms with Crippen molar-refractivity contribution in [2.24, 2.45) is 10.9 Å². The zero-order valence-electron chi connectivity index (χ0n) is 18.6. The Morgan fingerprint density at radius 3 is 2.60 bits per heavy atom. The van der Waals surface area contributed by atoms with E-state index in [1.165, 1.54) is 12.1 Å². The third-order valence-electron chi connectivity index (χ3n) is 5.98. The fraction of sp³-hybridized carbons (Fsp3) is 0.280. The molecule has 1 amide bonds. The zero-order chi connectivity index (χ0) is 24.7. The summed E-state index contributed by atoms with van der Waals surface area (Å²) in [6.45, 7) is 0.567. The molecule has 0 saturated heterocycles. The van der Waals surface area contributed by atoms with E-state index in [0.29, 0.717) is 18.0 Å². The molecule has 2 aromatic heterocycles. The molecule has 0 atom stereocenters. The predicted octanol–water partition coefficient (Wildman–Crippen LogP) is 5.20. The molecule has 1 aromatic carbocycles. The minimum atomic E-state index is -4.71. The first kappa shape index (κ1) is 22.9. The Morgan fingerprint density at radius 2 is 1.91 bits per heavy atom. The number of rotatable bonds is 6. The van der Waals surface area contributed by atoms with Crippen LogP contribution in [0.3, 0.4) is 0 Å². The van der Waals surface area contributed by atoms with Gasteiger partial charge in [0.25, 0.3) is 0 Å². The second kappa shape index (κ2) is 8.75. The van der Waals surface area contributed by atoms with E-state index in [2.05, 4.69) is 25.0 Å². The SMILES string of the molecule is COc1ncc(NC(=O)Cc2ccc(-c3cnc4c(c3)C(C3CC3)=NC4)cc2F)cc1C(F)(F)F. The van der Waals surface area contributed by atoms with Gasteiger partial charge in [-0.25, -0.2) is 9.37 Å². The molecule has 0 bridgehead atoms. The molecule has 0 spiro atoms. The lowest BCUT2D eigenvalue weighted by Gasteiger charge is -2.13. The molecule has 0 unspecified atom stereocenters. The standard InChI is InChI=1S/C25H20F4N4O2/c1-35-24-19(25(27,28)29)9-17(11-32-24)33-22(34)8-15-5-4-14(7-20(15)26)16-6-18-21(30-10-16)12-31-23(18)13-2-3-13/h4-7,9-11,13H,2-3,8,12H2,1H3,(H,33,34). The first-order valence-electron chi connectivity index (χ1n) is 11.0. The summed E-state index contributed by atoms with van der Waals surface area (Å²) >= 11 is 0. The first-order valence-corrected chi connectivity index (χ1v) is 11.0. The number of aliphatic imine (C=N–C) groups is 1. The maximum atomic E-state index is 14.8. The summed E-state index contributed by atoms with van der Waals surface area (Å²) in [5.74, 6) is -1.40. The number of anilines is 1. The summed E-state index contributed by atoms with van der Waals surface area (Å²) in [5.41, 5.74) is 3.19. The summed E-state index contributed by atoms with van der Waals surface area (Å²) in [5, 5.41) is 2.33. The van der Waals surface area contributed by atoms with Gasteiger partial charge >= 0.3 is 6.18 Å². The van der Waals surface area contributed by atoms with E-state index in [-0.39, 0.29) is 17.7 Å². The van der Waals surface area contributed by atoms with Crippen LogP contribution in [0.4, 0.5) is 23.2 Å². The maximum absolute atomic E-state index is 14.8. The van der Waals surface area contributed by atoms with Crippen LogP contribution in [0.1, 0.15) is 35.2 Å². The molecule has 1 aliphatic carbocycles. The fourth-order valence-corrected chi connectivity index (χ4v) is 4.08. The van der Waals surface area contributed by atoms with Gasteiger partial charge in [0.15, 0.2) is 0 Å². The number of benzene rings is 1. The van der Waals surface area contributed by atoms with Gasteiger partial charge in [0.2, 0.25) is 11.8 Å². The van der Waals surface area contributed by atoms with E-state index in [1.54, 1.807) is 12.3 Å². The number of ether oxygens (including phenoxy) is 1. The van der Waals surface area contributed by atoms with Crippen molar-refractivity contribution in [3.63, 3.8) is 0 Å². The van der Waals surface area contributed by atoms with Gasteiger partial charge in [-0.15, -0.1) is 0 Å². The highest BCUT2D eigenvalue weighted by Gasteiger charge is 2.36. The topological polar surface area (TPSA) is 76.5 Å². The van der Waals surface area contributed by atoms with Gasteiger partial charge in [0.1, 0.15) is 11.4 Å². The van der Waals surface area contributed by atoms with E-state index in [9.17, 15) is 22.4 Å². The van der Waals surface area contributed by atoms with Gasteiger partial charge in [-0.05, 0) is 42.2 Å². The number of fused-ring (bicyclic) bond motifs is 1. The molecule has 2 aliphatic rings. The van der Waals surface area contributed by atoms with Crippen molar-refractivity contribution < 1.29 is 27.1 Å². The van der Waals surface area contributed by atoms with Crippen molar-refractivity contribution in [2.45, 2.75) is 32.0 Å². The van der Waals surface area contributed by atoms with Crippen LogP contribution in [-0.2, 0) is 23.9 Å². The Hall–Kier alpha value is -3.82. The molecule has 1 fully saturated rings. The van der Waals surface area contributed by atoms with Crippen molar-refractivity contribution in [1.82, 2.24) is 9.97 Å². The fourth-order valence-electron chi connectivity index (χ4n) is 4.08. The molecule has 0 radical (unpaired) electrons. The molecule has 1 aliphatic heterocycles. The van der Waals surface area contributed by atoms with Gasteiger partial charge in [0.05, 0.1) is 37.7 Å². The zero-order valence-corrected chi connectivity index (χ0v) is 18.6. The lowest BCUT2D eigenvalue weighted by atomic mass is 9.99. The third kappa shape index (κ3) is 4.73. The lowest BCUT2D eigenvalue weighted by Crippen LogP contribution is -2.17. The summed E-state index contributed by atoms with van der Waals surface area (Å²) in [6, 6.07) is 7.20. The number of nitrogens with one attached hydrogen (secondary N) is 1. The minimum Gasteiger partial charge on any atom is -0.481 e. The Kier molecular flexibility index (Phi) is 5.74. The lowest BCUT2D eigenvalue weighted by molar-refractivity contribution is -0.139. The van der Waals surface area contributed by atoms with Crippen molar-refractivity contribution in [1.29, 1.82) is 0 Å². The van der Waals surface area contributed by atoms with Crippen LogP contribution in [-0.4, -0.2) is 28.7 Å². The number of alkyl halides is 3. The molecule has 3 aromatic rings. The Labute approximate surface area is 198 Å². The first-order chi connectivity index (χ1) is 16.7. The molecule has 1 N–H and O–H groups in total. The van der Waals surface area contributed by atoms with Crippen LogP contribution >= 0.6 is 0 Å². The summed E-state index contributed by atoms with van der Waals surface area (Å²) in [6.07, 6.45) is -0.0964. The van der Waals surface area contributed by atoms with Crippen molar-refractivity contribution in [3.05, 3.63) is 70.9 Å². The molecular weight excluding hydrogens is 464 g/mol. The number of nitrogens with zero attached hydrogens (tertiary/aromatic N) is 3. The highest BCUT2D eigenvalue weighted by Crippen LogP contribution is 2.38. The molecule has 5 rings (SSSR count). The summed E-state index contributed by atoms with van der Waals surface area (Å²) in [4.78, 5) is 25.1. The second-order valence-corrected chi connectivity index (χ2v) is 8.50. The quantitative estimate of drug-likeness (QED) is 0.488.